The Kier molecular flexibility index (Phi) is 4.37. The van der Waals surface area contributed by atoms with Crippen LogP contribution in [0.1, 0.15) is 31.4 Å². The molecule has 1 aliphatic rings. The Morgan fingerprint density at radius 3 is 2.94 bits per heavy atom. The predicted molar refractivity (Wildman–Crippen MR) is 65.4 cm³/mol. The van der Waals surface area contributed by atoms with E-state index in [2.05, 4.69) is 11.1 Å². The van der Waals surface area contributed by atoms with Crippen molar-refractivity contribution in [1.82, 2.24) is 4.98 Å². The van der Waals surface area contributed by atoms with Crippen LogP contribution in [0.2, 0.25) is 0 Å². The molecule has 0 atom stereocenters. The molecule has 1 fully saturated rings. The summed E-state index contributed by atoms with van der Waals surface area (Å²) in [5, 5.41) is 0. The summed E-state index contributed by atoms with van der Waals surface area (Å²) in [6, 6.07) is 6.06. The lowest BCUT2D eigenvalue weighted by Crippen LogP contribution is -2.24. The van der Waals surface area contributed by atoms with E-state index < -0.39 is 0 Å². The van der Waals surface area contributed by atoms with Crippen molar-refractivity contribution < 1.29 is 4.65 Å². The first-order chi connectivity index (χ1) is 7.88. The zero-order valence-corrected chi connectivity index (χ0v) is 9.56. The molecule has 0 spiro atoms. The summed E-state index contributed by atoms with van der Waals surface area (Å²) >= 11 is 0. The van der Waals surface area contributed by atoms with Gasteiger partial charge in [-0.05, 0) is 24.5 Å². The van der Waals surface area contributed by atoms with Gasteiger partial charge in [-0.3, -0.25) is 4.98 Å². The molecule has 2 N–H and O–H groups in total. The molecule has 0 saturated heterocycles. The minimum absolute atomic E-state index is 0.203. The summed E-state index contributed by atoms with van der Waals surface area (Å²) in [5.41, 5.74) is 7.30. The lowest BCUT2D eigenvalue weighted by molar-refractivity contribution is 0.355. The standard InChI is InChI=1S/C12H18BN2O/c14-9-16-13-12-7-3-6-11(15-12)8-10-4-1-2-5-10/h3,6-7,10H,1-2,4-5,8-9,14H2. The molecule has 2 rings (SSSR count). The highest BCUT2D eigenvalue weighted by atomic mass is 16.4. The molecule has 16 heavy (non-hydrogen) atoms. The number of nitrogens with two attached hydrogens (primary N) is 1. The third-order valence-corrected chi connectivity index (χ3v) is 3.10. The highest BCUT2D eigenvalue weighted by Crippen LogP contribution is 2.27. The van der Waals surface area contributed by atoms with Gasteiger partial charge in [0.15, 0.2) is 0 Å². The molecule has 1 saturated carbocycles. The van der Waals surface area contributed by atoms with E-state index in [-0.39, 0.29) is 6.73 Å². The molecule has 85 valence electrons. The molecule has 3 nitrogen and oxygen atoms in total. The Bertz CT molecular complexity index is 327. The van der Waals surface area contributed by atoms with Gasteiger partial charge in [-0.25, -0.2) is 0 Å². The number of rotatable bonds is 5. The van der Waals surface area contributed by atoms with Crippen LogP contribution in [0.25, 0.3) is 0 Å². The van der Waals surface area contributed by atoms with Crippen molar-refractivity contribution in [2.75, 3.05) is 6.73 Å². The first kappa shape index (κ1) is 11.6. The molecule has 1 aromatic rings. The van der Waals surface area contributed by atoms with Gasteiger partial charge in [-0.15, -0.1) is 0 Å². The lowest BCUT2D eigenvalue weighted by Gasteiger charge is -2.08. The first-order valence-corrected chi connectivity index (χ1v) is 5.99. The van der Waals surface area contributed by atoms with E-state index in [4.69, 9.17) is 10.4 Å². The van der Waals surface area contributed by atoms with Crippen molar-refractivity contribution in [3.8, 4) is 0 Å². The molecule has 1 aliphatic carbocycles. The van der Waals surface area contributed by atoms with Gasteiger partial charge in [0.2, 0.25) is 0 Å². The molecular formula is C12H18BN2O. The maximum Gasteiger partial charge on any atom is 0.352 e. The lowest BCUT2D eigenvalue weighted by atomic mass is 9.93. The molecule has 0 aliphatic heterocycles. The topological polar surface area (TPSA) is 48.1 Å². The Morgan fingerprint density at radius 1 is 1.38 bits per heavy atom. The van der Waals surface area contributed by atoms with Gasteiger partial charge in [-0.1, -0.05) is 31.7 Å². The van der Waals surface area contributed by atoms with E-state index >= 15 is 0 Å². The summed E-state index contributed by atoms with van der Waals surface area (Å²) < 4.78 is 5.03. The van der Waals surface area contributed by atoms with Crippen LogP contribution < -0.4 is 11.3 Å². The summed E-state index contributed by atoms with van der Waals surface area (Å²) in [5.74, 6) is 0.832. The summed E-state index contributed by atoms with van der Waals surface area (Å²) in [7, 11) is 1.62. The Hall–Kier alpha value is -0.865. The van der Waals surface area contributed by atoms with Crippen molar-refractivity contribution in [1.29, 1.82) is 0 Å². The van der Waals surface area contributed by atoms with Crippen LogP contribution in [0.15, 0.2) is 18.2 Å². The van der Waals surface area contributed by atoms with Crippen molar-refractivity contribution in [3.05, 3.63) is 23.9 Å². The van der Waals surface area contributed by atoms with Crippen LogP contribution >= 0.6 is 0 Å². The van der Waals surface area contributed by atoms with E-state index in [1.165, 1.54) is 31.4 Å². The molecule has 0 amide bonds. The normalized spacial score (nSPS) is 16.6. The van der Waals surface area contributed by atoms with Crippen LogP contribution in [0.5, 0.6) is 0 Å². The third-order valence-electron chi connectivity index (χ3n) is 3.10. The Morgan fingerprint density at radius 2 is 2.19 bits per heavy atom. The average molecular weight is 217 g/mol. The molecule has 0 unspecified atom stereocenters. The minimum Gasteiger partial charge on any atom is -0.421 e. The molecule has 1 heterocycles. The zero-order chi connectivity index (χ0) is 11.2. The van der Waals surface area contributed by atoms with Crippen molar-refractivity contribution in [3.63, 3.8) is 0 Å². The van der Waals surface area contributed by atoms with Gasteiger partial charge in [0.25, 0.3) is 0 Å². The molecular weight excluding hydrogens is 199 g/mol. The highest BCUT2D eigenvalue weighted by Gasteiger charge is 2.16. The fourth-order valence-corrected chi connectivity index (χ4v) is 2.32. The largest absolute Gasteiger partial charge is 0.421 e. The van der Waals surface area contributed by atoms with Gasteiger partial charge < -0.3 is 10.4 Å². The molecule has 4 heteroatoms. The van der Waals surface area contributed by atoms with Crippen LogP contribution in [0, 0.1) is 5.92 Å². The van der Waals surface area contributed by atoms with E-state index in [0.717, 1.165) is 17.9 Å². The van der Waals surface area contributed by atoms with E-state index in [1.807, 2.05) is 12.1 Å². The third kappa shape index (κ3) is 3.32. The molecule has 0 bridgehead atoms. The maximum absolute atomic E-state index is 5.27. The van der Waals surface area contributed by atoms with E-state index in [1.54, 1.807) is 7.48 Å². The monoisotopic (exact) mass is 217 g/mol. The van der Waals surface area contributed by atoms with E-state index in [0.29, 0.717) is 0 Å². The highest BCUT2D eigenvalue weighted by molar-refractivity contribution is 6.45. The van der Waals surface area contributed by atoms with Gasteiger partial charge in [0.05, 0.1) is 6.73 Å². The second-order valence-corrected chi connectivity index (χ2v) is 4.36. The number of hydrogen-bond acceptors (Lipinski definition) is 3. The zero-order valence-electron chi connectivity index (χ0n) is 9.56. The van der Waals surface area contributed by atoms with Gasteiger partial charge in [-0.2, -0.15) is 0 Å². The SMILES string of the molecule is NCO[B]c1cccc(CC2CCCC2)n1. The number of aromatic nitrogens is 1. The van der Waals surface area contributed by atoms with Crippen LogP contribution in [0.3, 0.4) is 0 Å². The Labute approximate surface area is 97.7 Å². The van der Waals surface area contributed by atoms with Crippen molar-refractivity contribution in [2.45, 2.75) is 32.1 Å². The molecule has 0 aromatic carbocycles. The van der Waals surface area contributed by atoms with Crippen molar-refractivity contribution in [2.24, 2.45) is 11.7 Å². The maximum atomic E-state index is 5.27. The predicted octanol–water partition coefficient (Wildman–Crippen LogP) is 0.992. The van der Waals surface area contributed by atoms with E-state index in [9.17, 15) is 0 Å². The van der Waals surface area contributed by atoms with Gasteiger partial charge >= 0.3 is 7.48 Å². The quantitative estimate of drug-likeness (QED) is 0.591. The fraction of sp³-hybridized carbons (Fsp3) is 0.583. The second-order valence-electron chi connectivity index (χ2n) is 4.36. The van der Waals surface area contributed by atoms with Gasteiger partial charge in [0, 0.05) is 11.3 Å². The number of hydrogen-bond donors (Lipinski definition) is 1. The average Bonchev–Trinajstić information content (AvgIpc) is 2.80. The van der Waals surface area contributed by atoms with Crippen LogP contribution in [0.4, 0.5) is 0 Å². The molecule has 1 aromatic heterocycles. The second kappa shape index (κ2) is 6.02. The summed E-state index contributed by atoms with van der Waals surface area (Å²) in [6.07, 6.45) is 6.58. The van der Waals surface area contributed by atoms with Crippen LogP contribution in [-0.4, -0.2) is 19.2 Å². The fourth-order valence-electron chi connectivity index (χ4n) is 2.32. The van der Waals surface area contributed by atoms with Gasteiger partial charge in [0.1, 0.15) is 0 Å². The van der Waals surface area contributed by atoms with Crippen molar-refractivity contribution >= 4 is 13.1 Å². The number of pyridine rings is 1. The Balaban J connectivity index is 1.92. The van der Waals surface area contributed by atoms with Crippen LogP contribution in [-0.2, 0) is 11.1 Å². The minimum atomic E-state index is 0.203. The number of nitrogens with zero attached hydrogens (tertiary/aromatic N) is 1. The summed E-state index contributed by atoms with van der Waals surface area (Å²) in [6.45, 7) is 0.203. The molecule has 1 radical (unpaired) electrons. The smallest absolute Gasteiger partial charge is 0.352 e. The first-order valence-electron chi connectivity index (χ1n) is 5.99. The summed E-state index contributed by atoms with van der Waals surface area (Å²) in [4.78, 5) is 4.54.